The molecule has 3 heterocycles. The van der Waals surface area contributed by atoms with Gasteiger partial charge in [0.2, 0.25) is 11.5 Å². The van der Waals surface area contributed by atoms with Gasteiger partial charge in [-0.15, -0.1) is 34.9 Å². The van der Waals surface area contributed by atoms with Crippen molar-refractivity contribution in [3.8, 4) is 11.5 Å². The maximum absolute atomic E-state index is 13.4. The predicted molar refractivity (Wildman–Crippen MR) is 192 cm³/mol. The van der Waals surface area contributed by atoms with E-state index in [1.54, 1.807) is 0 Å². The second-order valence-corrected chi connectivity index (χ2v) is 15.8. The molecule has 0 radical (unpaired) electrons. The Morgan fingerprint density at radius 2 is 1.91 bits per heavy atom. The van der Waals surface area contributed by atoms with Crippen LogP contribution in [0.5, 0.6) is 11.5 Å². The molecule has 4 atom stereocenters. The number of nitrogens with one attached hydrogen (secondary N) is 3. The number of rotatable bonds is 16. The minimum atomic E-state index is -1.83. The highest BCUT2D eigenvalue weighted by Gasteiger charge is 2.63. The first-order chi connectivity index (χ1) is 24.8. The Bertz CT molecular complexity index is 1890. The van der Waals surface area contributed by atoms with Crippen molar-refractivity contribution in [2.45, 2.75) is 41.0 Å². The number of nitrogens with zero attached hydrogens (tertiary/aromatic N) is 4. The molecule has 0 bridgehead atoms. The molecule has 286 valence electrons. The minimum absolute atomic E-state index is 0.0343. The van der Waals surface area contributed by atoms with Gasteiger partial charge in [-0.3, -0.25) is 14.4 Å². The largest absolute Gasteiger partial charge is 0.504 e. The number of methoxy groups -OCH3 is 1. The number of anilines is 1. The number of β-lactam (4-membered cyclic amide) rings is 1. The van der Waals surface area contributed by atoms with Gasteiger partial charge in [-0.1, -0.05) is 16.8 Å². The molecule has 2 saturated heterocycles. The van der Waals surface area contributed by atoms with E-state index in [4.69, 9.17) is 32.6 Å². The summed E-state index contributed by atoms with van der Waals surface area (Å²) in [6, 6.07) is -0.120. The summed E-state index contributed by atoms with van der Waals surface area (Å²) in [5, 5.41) is 51.9. The van der Waals surface area contributed by atoms with Crippen molar-refractivity contribution in [3.63, 3.8) is 0 Å². The lowest BCUT2D eigenvalue weighted by molar-refractivity contribution is -0.161. The SMILES string of the molecule is CO[C@@H](CNC(=O)/C(=N/NC(N)=O)c1ccc(O)c(O)c1Cl)CS[C@]1(C(=O)O)CN2C(=O)[C@@H](NC(=O)/C(=N\OC(C)(C)C(=O)O)c3csc(N)n3)[C@H]2S1. The number of hydrogen-bond acceptors (Lipinski definition) is 17. The van der Waals surface area contributed by atoms with E-state index in [0.717, 1.165) is 47.0 Å². The third kappa shape index (κ3) is 8.95. The highest BCUT2D eigenvalue weighted by molar-refractivity contribution is 8.20. The van der Waals surface area contributed by atoms with E-state index in [0.29, 0.717) is 0 Å². The smallest absolute Gasteiger partial charge is 0.350 e. The molecule has 0 unspecified atom stereocenters. The molecule has 11 N–H and O–H groups in total. The van der Waals surface area contributed by atoms with Crippen LogP contribution in [0.15, 0.2) is 27.8 Å². The Balaban J connectivity index is 1.44. The van der Waals surface area contributed by atoms with Crippen LogP contribution in [-0.2, 0) is 33.5 Å². The number of phenolic OH excluding ortho intramolecular Hbond substituents is 2. The molecular formula is C28H32ClN9O12S3. The molecule has 2 aliphatic rings. The summed E-state index contributed by atoms with van der Waals surface area (Å²) in [6.45, 7) is 1.92. The van der Waals surface area contributed by atoms with Crippen LogP contribution in [0.4, 0.5) is 9.93 Å². The minimum Gasteiger partial charge on any atom is -0.504 e. The number of amides is 5. The first kappa shape index (κ1) is 40.7. The number of nitrogen functional groups attached to an aromatic ring is 1. The Labute approximate surface area is 316 Å². The third-order valence-corrected chi connectivity index (χ3v) is 11.9. The number of primary amides is 1. The topological polar surface area (TPSA) is 331 Å². The van der Waals surface area contributed by atoms with Crippen molar-refractivity contribution in [3.05, 3.63) is 33.8 Å². The number of ether oxygens (including phenoxy) is 1. The number of carbonyl (C=O) groups is 6. The molecule has 21 nitrogen and oxygen atoms in total. The molecule has 0 saturated carbocycles. The average molecular weight is 818 g/mol. The number of thiazole rings is 1. The molecule has 2 aromatic rings. The lowest BCUT2D eigenvalue weighted by atomic mass is 10.1. The van der Waals surface area contributed by atoms with E-state index in [1.807, 2.05) is 5.43 Å². The van der Waals surface area contributed by atoms with Gasteiger partial charge in [-0.2, -0.15) is 5.10 Å². The van der Waals surface area contributed by atoms with Crippen molar-refractivity contribution in [1.82, 2.24) is 25.9 Å². The van der Waals surface area contributed by atoms with E-state index in [1.165, 1.54) is 31.2 Å². The number of oxime groups is 1. The number of phenols is 2. The van der Waals surface area contributed by atoms with Gasteiger partial charge < -0.3 is 57.0 Å². The van der Waals surface area contributed by atoms with Gasteiger partial charge in [0, 0.05) is 30.4 Å². The first-order valence-corrected chi connectivity index (χ1v) is 18.0. The number of nitrogens with two attached hydrogens (primary N) is 2. The number of carbonyl (C=O) groups excluding carboxylic acids is 4. The van der Waals surface area contributed by atoms with Crippen LogP contribution in [0, 0.1) is 0 Å². The second-order valence-electron chi connectivity index (χ2n) is 11.5. The van der Waals surface area contributed by atoms with Crippen LogP contribution in [0.2, 0.25) is 5.02 Å². The molecule has 1 aromatic heterocycles. The number of aliphatic carboxylic acids is 2. The molecule has 25 heteroatoms. The van der Waals surface area contributed by atoms with Gasteiger partial charge >= 0.3 is 18.0 Å². The van der Waals surface area contributed by atoms with E-state index in [-0.39, 0.29) is 35.2 Å². The number of halogens is 1. The number of fused-ring (bicyclic) bond motifs is 1. The van der Waals surface area contributed by atoms with Gasteiger partial charge in [-0.25, -0.2) is 24.8 Å². The number of hydrazone groups is 1. The van der Waals surface area contributed by atoms with E-state index in [9.17, 15) is 49.2 Å². The van der Waals surface area contributed by atoms with Gasteiger partial charge in [0.1, 0.15) is 17.1 Å². The summed E-state index contributed by atoms with van der Waals surface area (Å²) in [6.07, 6.45) is -0.825. The zero-order chi connectivity index (χ0) is 39.4. The van der Waals surface area contributed by atoms with Gasteiger partial charge in [0.25, 0.3) is 11.8 Å². The fraction of sp³-hybridized carbons (Fsp3) is 0.393. The maximum Gasteiger partial charge on any atom is 0.350 e. The summed E-state index contributed by atoms with van der Waals surface area (Å²) < 4.78 is 3.81. The fourth-order valence-electron chi connectivity index (χ4n) is 4.49. The maximum atomic E-state index is 13.4. The lowest BCUT2D eigenvalue weighted by Gasteiger charge is -2.41. The monoisotopic (exact) mass is 817 g/mol. The van der Waals surface area contributed by atoms with Crippen LogP contribution < -0.4 is 27.5 Å². The normalized spacial score (nSPS) is 20.5. The van der Waals surface area contributed by atoms with Crippen molar-refractivity contribution < 1.29 is 58.8 Å². The Hall–Kier alpha value is -5.04. The lowest BCUT2D eigenvalue weighted by Crippen LogP contribution is -2.68. The number of benzene rings is 1. The summed E-state index contributed by atoms with van der Waals surface area (Å²) in [5.74, 6) is -6.48. The summed E-state index contributed by atoms with van der Waals surface area (Å²) in [4.78, 5) is 85.4. The average Bonchev–Trinajstić information content (AvgIpc) is 3.69. The molecule has 0 aliphatic carbocycles. The van der Waals surface area contributed by atoms with Crippen LogP contribution >= 0.6 is 46.5 Å². The van der Waals surface area contributed by atoms with Crippen LogP contribution in [0.25, 0.3) is 0 Å². The van der Waals surface area contributed by atoms with Crippen LogP contribution in [0.1, 0.15) is 25.1 Å². The highest BCUT2D eigenvalue weighted by Crippen LogP contribution is 2.52. The number of aromatic nitrogens is 1. The molecule has 2 aliphatic heterocycles. The molecule has 1 aromatic carbocycles. The summed E-state index contributed by atoms with van der Waals surface area (Å²) in [7, 11) is 1.31. The van der Waals surface area contributed by atoms with Crippen molar-refractivity contribution in [2.24, 2.45) is 16.0 Å². The Kier molecular flexibility index (Phi) is 12.5. The Morgan fingerprint density at radius 3 is 2.49 bits per heavy atom. The molecule has 53 heavy (non-hydrogen) atoms. The van der Waals surface area contributed by atoms with Crippen LogP contribution in [0.3, 0.4) is 0 Å². The number of urea groups is 1. The van der Waals surface area contributed by atoms with E-state index in [2.05, 4.69) is 25.9 Å². The predicted octanol–water partition coefficient (Wildman–Crippen LogP) is -0.508. The van der Waals surface area contributed by atoms with Crippen molar-refractivity contribution in [1.29, 1.82) is 0 Å². The number of carboxylic acids is 2. The molecular weight excluding hydrogens is 786 g/mol. The van der Waals surface area contributed by atoms with Crippen molar-refractivity contribution in [2.75, 3.05) is 31.7 Å². The second kappa shape index (κ2) is 16.3. The van der Waals surface area contributed by atoms with E-state index >= 15 is 0 Å². The van der Waals surface area contributed by atoms with Crippen molar-refractivity contribution >= 4 is 98.7 Å². The highest BCUT2D eigenvalue weighted by atomic mass is 35.5. The third-order valence-electron chi connectivity index (χ3n) is 7.47. The van der Waals surface area contributed by atoms with Gasteiger partial charge in [-0.05, 0) is 26.0 Å². The standard InChI is InChI=1S/C28H32ClN9O12S3/c1-27(2,23(44)45)50-37-16(12-8-51-26(31)33-12)20(42)34-17-21(43)38-9-28(24(46)47,53-22(17)38)52-7-10(49-3)6-32-19(41)15(35-36-25(30)48)11-4-5-13(39)18(40)14(11)29/h4-5,8,10,17,22,39-40H,6-7,9H2,1-3H3,(H2,31,33)(H,32,41)(H,34,42)(H,44,45)(H,46,47)(H3,30,36,48)/b35-15+,37-16-/t10-,17+,22+,28+/m0/s1. The summed E-state index contributed by atoms with van der Waals surface area (Å²) >= 11 is 8.86. The first-order valence-electron chi connectivity index (χ1n) is 14.8. The molecule has 4 rings (SSSR count). The van der Waals surface area contributed by atoms with E-state index < -0.39 is 90.8 Å². The van der Waals surface area contributed by atoms with Crippen LogP contribution in [-0.4, -0.2) is 131 Å². The number of thioether (sulfide) groups is 2. The van der Waals surface area contributed by atoms with Gasteiger partial charge in [0.15, 0.2) is 32.1 Å². The zero-order valence-electron chi connectivity index (χ0n) is 27.7. The Morgan fingerprint density at radius 1 is 1.21 bits per heavy atom. The van der Waals surface area contributed by atoms with Gasteiger partial charge in [0.05, 0.1) is 17.7 Å². The number of hydrogen-bond donors (Lipinski definition) is 9. The molecule has 5 amide bonds. The zero-order valence-corrected chi connectivity index (χ0v) is 30.9. The number of aromatic hydroxyl groups is 2. The molecule has 0 spiro atoms. The fourth-order valence-corrected chi connectivity index (χ4v) is 8.45. The quantitative estimate of drug-likeness (QED) is 0.0446. The molecule has 2 fully saturated rings. The number of carboxylic acid groups (broad SMARTS) is 2. The summed E-state index contributed by atoms with van der Waals surface area (Å²) in [5.41, 5.74) is 9.63.